The van der Waals surface area contributed by atoms with Gasteiger partial charge in [-0.3, -0.25) is 9.59 Å². The van der Waals surface area contributed by atoms with Gasteiger partial charge < -0.3 is 15.5 Å². The van der Waals surface area contributed by atoms with Crippen LogP contribution < -0.4 is 5.73 Å². The summed E-state index contributed by atoms with van der Waals surface area (Å²) in [6.07, 6.45) is 1.64. The number of halogens is 1. The van der Waals surface area contributed by atoms with Gasteiger partial charge in [0, 0.05) is 33.1 Å². The van der Waals surface area contributed by atoms with E-state index in [1.54, 1.807) is 16.7 Å². The molecule has 100 valence electrons. The Hall–Kier alpha value is -0.810. The molecule has 1 rings (SSSR count). The fourth-order valence-electron chi connectivity index (χ4n) is 1.91. The van der Waals surface area contributed by atoms with Gasteiger partial charge in [-0.15, -0.1) is 12.4 Å². The maximum Gasteiger partial charge on any atom is 0.239 e. The predicted octanol–water partition coefficient (Wildman–Crippen LogP) is 0.226. The standard InChI is InChI=1S/C11H21N3O2.ClH/c1-3-4-10(12)11(16)14-7-5-13(6-8-14)9(2)15;/h10H,3-8,12H2,1-2H3;1H. The first kappa shape index (κ1) is 16.2. The van der Waals surface area contributed by atoms with Crippen LogP contribution in [-0.4, -0.2) is 53.8 Å². The van der Waals surface area contributed by atoms with Crippen LogP contribution in [0.1, 0.15) is 26.7 Å². The molecule has 1 heterocycles. The van der Waals surface area contributed by atoms with Crippen LogP contribution in [0.15, 0.2) is 0 Å². The first-order valence-electron chi connectivity index (χ1n) is 5.86. The second-order valence-electron chi connectivity index (χ2n) is 4.23. The van der Waals surface area contributed by atoms with Crippen molar-refractivity contribution in [1.29, 1.82) is 0 Å². The lowest BCUT2D eigenvalue weighted by molar-refractivity contribution is -0.139. The predicted molar refractivity (Wildman–Crippen MR) is 69.0 cm³/mol. The molecular weight excluding hydrogens is 242 g/mol. The van der Waals surface area contributed by atoms with E-state index in [4.69, 9.17) is 5.73 Å². The second-order valence-corrected chi connectivity index (χ2v) is 4.23. The molecule has 0 aromatic carbocycles. The molecule has 1 saturated heterocycles. The molecule has 0 aromatic rings. The molecule has 0 aliphatic carbocycles. The molecule has 1 aliphatic rings. The molecule has 0 saturated carbocycles. The maximum atomic E-state index is 11.9. The van der Waals surface area contributed by atoms with Crippen LogP contribution in [0.4, 0.5) is 0 Å². The van der Waals surface area contributed by atoms with Crippen LogP contribution in [0.3, 0.4) is 0 Å². The van der Waals surface area contributed by atoms with Crippen LogP contribution in [0.2, 0.25) is 0 Å². The highest BCUT2D eigenvalue weighted by Gasteiger charge is 2.25. The van der Waals surface area contributed by atoms with Crippen molar-refractivity contribution in [3.63, 3.8) is 0 Å². The molecular formula is C11H22ClN3O2. The van der Waals surface area contributed by atoms with Crippen molar-refractivity contribution >= 4 is 24.2 Å². The van der Waals surface area contributed by atoms with E-state index in [1.165, 1.54) is 0 Å². The molecule has 1 aliphatic heterocycles. The van der Waals surface area contributed by atoms with E-state index in [0.29, 0.717) is 26.2 Å². The highest BCUT2D eigenvalue weighted by molar-refractivity contribution is 5.85. The van der Waals surface area contributed by atoms with Gasteiger partial charge in [0.2, 0.25) is 11.8 Å². The highest BCUT2D eigenvalue weighted by atomic mass is 35.5. The Morgan fingerprint density at radius 2 is 1.65 bits per heavy atom. The molecule has 1 atom stereocenters. The monoisotopic (exact) mass is 263 g/mol. The summed E-state index contributed by atoms with van der Waals surface area (Å²) >= 11 is 0. The molecule has 5 nitrogen and oxygen atoms in total. The molecule has 0 radical (unpaired) electrons. The van der Waals surface area contributed by atoms with E-state index >= 15 is 0 Å². The summed E-state index contributed by atoms with van der Waals surface area (Å²) < 4.78 is 0. The summed E-state index contributed by atoms with van der Waals surface area (Å²) in [7, 11) is 0. The Morgan fingerprint density at radius 1 is 1.18 bits per heavy atom. The van der Waals surface area contributed by atoms with Crippen molar-refractivity contribution in [3.8, 4) is 0 Å². The summed E-state index contributed by atoms with van der Waals surface area (Å²) in [6.45, 7) is 6.03. The average molecular weight is 264 g/mol. The van der Waals surface area contributed by atoms with E-state index < -0.39 is 0 Å². The fourth-order valence-corrected chi connectivity index (χ4v) is 1.91. The van der Waals surface area contributed by atoms with Crippen LogP contribution in [-0.2, 0) is 9.59 Å². The molecule has 2 amide bonds. The third-order valence-corrected chi connectivity index (χ3v) is 2.95. The van der Waals surface area contributed by atoms with E-state index in [1.807, 2.05) is 6.92 Å². The molecule has 1 fully saturated rings. The largest absolute Gasteiger partial charge is 0.339 e. The lowest BCUT2D eigenvalue weighted by atomic mass is 10.1. The zero-order chi connectivity index (χ0) is 12.1. The van der Waals surface area contributed by atoms with Crippen molar-refractivity contribution in [2.24, 2.45) is 5.73 Å². The Kier molecular flexibility index (Phi) is 7.15. The minimum atomic E-state index is -0.381. The molecule has 6 heteroatoms. The molecule has 0 spiro atoms. The molecule has 1 unspecified atom stereocenters. The maximum absolute atomic E-state index is 11.9. The zero-order valence-corrected chi connectivity index (χ0v) is 11.3. The van der Waals surface area contributed by atoms with Gasteiger partial charge in [-0.1, -0.05) is 13.3 Å². The lowest BCUT2D eigenvalue weighted by Gasteiger charge is -2.35. The van der Waals surface area contributed by atoms with Crippen molar-refractivity contribution in [1.82, 2.24) is 9.80 Å². The summed E-state index contributed by atoms with van der Waals surface area (Å²) in [6, 6.07) is -0.381. The first-order chi connectivity index (χ1) is 7.56. The van der Waals surface area contributed by atoms with Gasteiger partial charge in [-0.25, -0.2) is 0 Å². The van der Waals surface area contributed by atoms with Gasteiger partial charge >= 0.3 is 0 Å². The zero-order valence-electron chi connectivity index (χ0n) is 10.5. The minimum absolute atomic E-state index is 0. The number of piperazine rings is 1. The first-order valence-corrected chi connectivity index (χ1v) is 5.86. The van der Waals surface area contributed by atoms with Crippen LogP contribution in [0, 0.1) is 0 Å². The number of hydrogen-bond acceptors (Lipinski definition) is 3. The number of hydrogen-bond donors (Lipinski definition) is 1. The molecule has 0 bridgehead atoms. The summed E-state index contributed by atoms with van der Waals surface area (Å²) in [4.78, 5) is 26.5. The number of carbonyl (C=O) groups is 2. The van der Waals surface area contributed by atoms with E-state index in [9.17, 15) is 9.59 Å². The topological polar surface area (TPSA) is 66.6 Å². The smallest absolute Gasteiger partial charge is 0.239 e. The lowest BCUT2D eigenvalue weighted by Crippen LogP contribution is -2.53. The summed E-state index contributed by atoms with van der Waals surface area (Å²) in [5.74, 6) is 0.0926. The number of rotatable bonds is 3. The van der Waals surface area contributed by atoms with Gasteiger partial charge in [-0.05, 0) is 6.42 Å². The van der Waals surface area contributed by atoms with Crippen LogP contribution in [0.5, 0.6) is 0 Å². The van der Waals surface area contributed by atoms with E-state index in [0.717, 1.165) is 12.8 Å². The minimum Gasteiger partial charge on any atom is -0.339 e. The quantitative estimate of drug-likeness (QED) is 0.793. The van der Waals surface area contributed by atoms with Gasteiger partial charge in [0.1, 0.15) is 0 Å². The Labute approximate surface area is 109 Å². The second kappa shape index (κ2) is 7.50. The molecule has 0 aromatic heterocycles. The average Bonchev–Trinajstić information content (AvgIpc) is 2.28. The van der Waals surface area contributed by atoms with Gasteiger partial charge in [0.15, 0.2) is 0 Å². The highest BCUT2D eigenvalue weighted by Crippen LogP contribution is 2.06. The number of amides is 2. The van der Waals surface area contributed by atoms with Crippen LogP contribution in [0.25, 0.3) is 0 Å². The van der Waals surface area contributed by atoms with Gasteiger partial charge in [0.05, 0.1) is 6.04 Å². The number of carbonyl (C=O) groups excluding carboxylic acids is 2. The SMILES string of the molecule is CCCC(N)C(=O)N1CCN(C(C)=O)CC1.Cl. The Balaban J connectivity index is 0.00000256. The third-order valence-electron chi connectivity index (χ3n) is 2.95. The normalized spacial score (nSPS) is 17.4. The summed E-state index contributed by atoms with van der Waals surface area (Å²) in [5, 5.41) is 0. The fraction of sp³-hybridized carbons (Fsp3) is 0.818. The summed E-state index contributed by atoms with van der Waals surface area (Å²) in [5.41, 5.74) is 5.78. The molecule has 2 N–H and O–H groups in total. The van der Waals surface area contributed by atoms with E-state index in [-0.39, 0.29) is 30.3 Å². The van der Waals surface area contributed by atoms with Gasteiger partial charge in [-0.2, -0.15) is 0 Å². The van der Waals surface area contributed by atoms with Crippen molar-refractivity contribution in [3.05, 3.63) is 0 Å². The van der Waals surface area contributed by atoms with Gasteiger partial charge in [0.25, 0.3) is 0 Å². The Morgan fingerprint density at radius 3 is 2.06 bits per heavy atom. The number of nitrogens with zero attached hydrogens (tertiary/aromatic N) is 2. The molecule has 17 heavy (non-hydrogen) atoms. The van der Waals surface area contributed by atoms with Crippen molar-refractivity contribution in [2.45, 2.75) is 32.7 Å². The number of nitrogens with two attached hydrogens (primary N) is 1. The van der Waals surface area contributed by atoms with Crippen LogP contribution >= 0.6 is 12.4 Å². The van der Waals surface area contributed by atoms with E-state index in [2.05, 4.69) is 0 Å². The van der Waals surface area contributed by atoms with Crippen molar-refractivity contribution in [2.75, 3.05) is 26.2 Å². The Bertz CT molecular complexity index is 265. The van der Waals surface area contributed by atoms with Crippen molar-refractivity contribution < 1.29 is 9.59 Å². The third kappa shape index (κ3) is 4.52.